The molecule has 0 amide bonds. The Kier molecular flexibility index (Phi) is 4.06. The third-order valence-electron chi connectivity index (χ3n) is 3.01. The van der Waals surface area contributed by atoms with Gasteiger partial charge in [-0.25, -0.2) is 0 Å². The molecule has 0 saturated heterocycles. The van der Waals surface area contributed by atoms with E-state index in [1.165, 1.54) is 0 Å². The number of rotatable bonds is 5. The molecule has 2 rings (SSSR count). The van der Waals surface area contributed by atoms with Crippen LogP contribution in [0.3, 0.4) is 0 Å². The van der Waals surface area contributed by atoms with Crippen LogP contribution in [-0.2, 0) is 0 Å². The third-order valence-corrected chi connectivity index (χ3v) is 3.01. The number of ether oxygens (including phenoxy) is 2. The van der Waals surface area contributed by atoms with Crippen molar-refractivity contribution in [1.29, 1.82) is 5.26 Å². The summed E-state index contributed by atoms with van der Waals surface area (Å²) in [5.74, 6) is 1.55. The Morgan fingerprint density at radius 1 is 1.56 bits per heavy atom. The molecule has 2 unspecified atom stereocenters. The molecule has 0 fully saturated rings. The minimum absolute atomic E-state index is 0.261. The Balaban J connectivity index is 2.12. The SMILES string of the molecule is CCNC1COc2cc(OC(C#N)CC)ccc21. The Morgan fingerprint density at radius 2 is 2.39 bits per heavy atom. The van der Waals surface area contributed by atoms with Gasteiger partial charge in [0.1, 0.15) is 24.2 Å². The van der Waals surface area contributed by atoms with Crippen LogP contribution in [0.2, 0.25) is 0 Å². The predicted molar refractivity (Wildman–Crippen MR) is 68.7 cm³/mol. The van der Waals surface area contributed by atoms with Crippen LogP contribution in [0, 0.1) is 11.3 Å². The van der Waals surface area contributed by atoms with E-state index in [-0.39, 0.29) is 6.04 Å². The summed E-state index contributed by atoms with van der Waals surface area (Å²) in [6.07, 6.45) is 0.281. The highest BCUT2D eigenvalue weighted by Gasteiger charge is 2.23. The highest BCUT2D eigenvalue weighted by atomic mass is 16.5. The van der Waals surface area contributed by atoms with Gasteiger partial charge >= 0.3 is 0 Å². The van der Waals surface area contributed by atoms with Gasteiger partial charge in [-0.2, -0.15) is 5.26 Å². The van der Waals surface area contributed by atoms with Crippen molar-refractivity contribution < 1.29 is 9.47 Å². The van der Waals surface area contributed by atoms with Crippen LogP contribution >= 0.6 is 0 Å². The summed E-state index contributed by atoms with van der Waals surface area (Å²) in [5, 5.41) is 12.2. The van der Waals surface area contributed by atoms with Gasteiger partial charge < -0.3 is 14.8 Å². The number of nitrogens with zero attached hydrogens (tertiary/aromatic N) is 1. The van der Waals surface area contributed by atoms with E-state index < -0.39 is 6.10 Å². The number of hydrogen-bond acceptors (Lipinski definition) is 4. The Labute approximate surface area is 108 Å². The first-order valence-corrected chi connectivity index (χ1v) is 6.34. The van der Waals surface area contributed by atoms with Crippen LogP contribution in [0.4, 0.5) is 0 Å². The zero-order valence-electron chi connectivity index (χ0n) is 10.8. The molecule has 1 heterocycles. The van der Waals surface area contributed by atoms with Gasteiger partial charge in [0.25, 0.3) is 0 Å². The van der Waals surface area contributed by atoms with E-state index in [1.807, 2.05) is 25.1 Å². The summed E-state index contributed by atoms with van der Waals surface area (Å²) < 4.78 is 11.2. The second-order valence-electron chi connectivity index (χ2n) is 4.26. The van der Waals surface area contributed by atoms with Crippen molar-refractivity contribution in [3.05, 3.63) is 23.8 Å². The van der Waals surface area contributed by atoms with Gasteiger partial charge in [0.05, 0.1) is 6.04 Å². The van der Waals surface area contributed by atoms with Crippen molar-refractivity contribution in [2.45, 2.75) is 32.4 Å². The number of nitriles is 1. The molecule has 0 spiro atoms. The average molecular weight is 246 g/mol. The summed E-state index contributed by atoms with van der Waals surface area (Å²) >= 11 is 0. The minimum atomic E-state index is -0.394. The Bertz CT molecular complexity index is 454. The average Bonchev–Trinajstić information content (AvgIpc) is 2.79. The molecule has 0 saturated carbocycles. The highest BCUT2D eigenvalue weighted by Crippen LogP contribution is 2.35. The lowest BCUT2D eigenvalue weighted by molar-refractivity contribution is 0.250. The molecule has 1 N–H and O–H groups in total. The van der Waals surface area contributed by atoms with Crippen LogP contribution in [0.15, 0.2) is 18.2 Å². The summed E-state index contributed by atoms with van der Waals surface area (Å²) in [7, 11) is 0. The molecular weight excluding hydrogens is 228 g/mol. The largest absolute Gasteiger partial charge is 0.491 e. The second kappa shape index (κ2) is 5.74. The maximum Gasteiger partial charge on any atom is 0.184 e. The molecule has 1 aliphatic rings. The van der Waals surface area contributed by atoms with E-state index in [9.17, 15) is 0 Å². The van der Waals surface area contributed by atoms with Crippen molar-refractivity contribution >= 4 is 0 Å². The zero-order valence-corrected chi connectivity index (χ0v) is 10.8. The maximum atomic E-state index is 8.88. The summed E-state index contributed by atoms with van der Waals surface area (Å²) in [5.41, 5.74) is 1.16. The number of fused-ring (bicyclic) bond motifs is 1. The Morgan fingerprint density at radius 3 is 3.06 bits per heavy atom. The van der Waals surface area contributed by atoms with Crippen LogP contribution in [0.1, 0.15) is 31.9 Å². The number of benzene rings is 1. The molecule has 1 aliphatic heterocycles. The van der Waals surface area contributed by atoms with Crippen molar-refractivity contribution in [2.24, 2.45) is 0 Å². The van der Waals surface area contributed by atoms with Crippen molar-refractivity contribution in [2.75, 3.05) is 13.2 Å². The summed E-state index contributed by atoms with van der Waals surface area (Å²) in [6.45, 7) is 5.58. The second-order valence-corrected chi connectivity index (χ2v) is 4.26. The van der Waals surface area contributed by atoms with Gasteiger partial charge in [0.2, 0.25) is 0 Å². The molecule has 4 heteroatoms. The van der Waals surface area contributed by atoms with Crippen LogP contribution in [0.5, 0.6) is 11.5 Å². The van der Waals surface area contributed by atoms with Gasteiger partial charge in [-0.3, -0.25) is 0 Å². The fourth-order valence-corrected chi connectivity index (χ4v) is 2.04. The summed E-state index contributed by atoms with van der Waals surface area (Å²) in [4.78, 5) is 0. The summed E-state index contributed by atoms with van der Waals surface area (Å²) in [6, 6.07) is 8.16. The fourth-order valence-electron chi connectivity index (χ4n) is 2.04. The topological polar surface area (TPSA) is 54.3 Å². The molecule has 1 aromatic carbocycles. The fraction of sp³-hybridized carbons (Fsp3) is 0.500. The monoisotopic (exact) mass is 246 g/mol. The first kappa shape index (κ1) is 12.7. The third kappa shape index (κ3) is 2.57. The lowest BCUT2D eigenvalue weighted by atomic mass is 10.1. The van der Waals surface area contributed by atoms with Crippen molar-refractivity contribution in [3.63, 3.8) is 0 Å². The van der Waals surface area contributed by atoms with E-state index in [1.54, 1.807) is 0 Å². The van der Waals surface area contributed by atoms with Crippen molar-refractivity contribution in [1.82, 2.24) is 5.32 Å². The van der Waals surface area contributed by atoms with Gasteiger partial charge in [0, 0.05) is 11.6 Å². The van der Waals surface area contributed by atoms with Crippen LogP contribution in [0.25, 0.3) is 0 Å². The molecule has 96 valence electrons. The molecule has 0 aromatic heterocycles. The number of nitrogens with one attached hydrogen (secondary N) is 1. The minimum Gasteiger partial charge on any atom is -0.491 e. The molecule has 0 radical (unpaired) electrons. The van der Waals surface area contributed by atoms with E-state index in [2.05, 4.69) is 18.3 Å². The van der Waals surface area contributed by atoms with Crippen molar-refractivity contribution in [3.8, 4) is 17.6 Å². The van der Waals surface area contributed by atoms with Gasteiger partial charge in [-0.05, 0) is 25.1 Å². The smallest absolute Gasteiger partial charge is 0.184 e. The van der Waals surface area contributed by atoms with E-state index >= 15 is 0 Å². The first-order valence-electron chi connectivity index (χ1n) is 6.34. The van der Waals surface area contributed by atoms with E-state index in [0.29, 0.717) is 18.8 Å². The number of hydrogen-bond donors (Lipinski definition) is 1. The van der Waals surface area contributed by atoms with E-state index in [0.717, 1.165) is 17.9 Å². The normalized spacial score (nSPS) is 18.6. The quantitative estimate of drug-likeness (QED) is 0.866. The molecule has 0 aliphatic carbocycles. The molecule has 2 atom stereocenters. The zero-order chi connectivity index (χ0) is 13.0. The molecule has 1 aromatic rings. The first-order chi connectivity index (χ1) is 8.78. The molecule has 18 heavy (non-hydrogen) atoms. The number of likely N-dealkylation sites (N-methyl/N-ethyl adjacent to an activating group) is 1. The van der Waals surface area contributed by atoms with Crippen LogP contribution < -0.4 is 14.8 Å². The van der Waals surface area contributed by atoms with Gasteiger partial charge in [-0.15, -0.1) is 0 Å². The molecule has 4 nitrogen and oxygen atoms in total. The maximum absolute atomic E-state index is 8.88. The molecular formula is C14H18N2O2. The van der Waals surface area contributed by atoms with Crippen LogP contribution in [-0.4, -0.2) is 19.3 Å². The lowest BCUT2D eigenvalue weighted by Gasteiger charge is -2.12. The lowest BCUT2D eigenvalue weighted by Crippen LogP contribution is -2.21. The predicted octanol–water partition coefficient (Wildman–Crippen LogP) is 2.41. The van der Waals surface area contributed by atoms with Gasteiger partial charge in [0.15, 0.2) is 6.10 Å². The van der Waals surface area contributed by atoms with E-state index in [4.69, 9.17) is 14.7 Å². The molecule has 0 bridgehead atoms. The van der Waals surface area contributed by atoms with Gasteiger partial charge in [-0.1, -0.05) is 13.8 Å². The standard InChI is InChI=1S/C14H18N2O2/c1-3-10(8-15)18-11-5-6-12-13(16-4-2)9-17-14(12)7-11/h5-7,10,13,16H,3-4,9H2,1-2H3. The Hall–Kier alpha value is -1.73. The highest BCUT2D eigenvalue weighted by molar-refractivity contribution is 5.45.